The van der Waals surface area contributed by atoms with E-state index >= 15 is 0 Å². The van der Waals surface area contributed by atoms with E-state index < -0.39 is 0 Å². The number of halogens is 1. The van der Waals surface area contributed by atoms with Gasteiger partial charge in [-0.25, -0.2) is 0 Å². The molecule has 0 fully saturated rings. The summed E-state index contributed by atoms with van der Waals surface area (Å²) in [4.78, 5) is 0. The number of rotatable bonds is 2. The van der Waals surface area contributed by atoms with Gasteiger partial charge in [0, 0.05) is 28.1 Å². The highest BCUT2D eigenvalue weighted by Gasteiger charge is 2.00. The molecular weight excluding hydrogens is 206 g/mol. The summed E-state index contributed by atoms with van der Waals surface area (Å²) < 4.78 is 1.39. The average molecular weight is 216 g/mol. The molecule has 0 spiro atoms. The monoisotopic (exact) mass is 215 g/mol. The van der Waals surface area contributed by atoms with Crippen molar-refractivity contribution in [3.63, 3.8) is 0 Å². The lowest BCUT2D eigenvalue weighted by molar-refractivity contribution is -0.617. The summed E-state index contributed by atoms with van der Waals surface area (Å²) in [5.41, 5.74) is 1.20. The highest BCUT2D eigenvalue weighted by Crippen LogP contribution is 2.07. The van der Waals surface area contributed by atoms with Crippen LogP contribution < -0.4 is 4.73 Å². The van der Waals surface area contributed by atoms with Gasteiger partial charge < -0.3 is 5.21 Å². The molecule has 0 aliphatic rings. The molecule has 60 valence electrons. The molecule has 11 heavy (non-hydrogen) atoms. The van der Waals surface area contributed by atoms with Gasteiger partial charge in [-0.1, -0.05) is 13.3 Å². The minimum absolute atomic E-state index is 0.587. The number of aryl methyl sites for hydroxylation is 1. The van der Waals surface area contributed by atoms with E-state index in [9.17, 15) is 5.21 Å². The third-order valence-corrected chi connectivity index (χ3v) is 2.06. The van der Waals surface area contributed by atoms with Crippen molar-refractivity contribution in [3.05, 3.63) is 33.7 Å². The highest BCUT2D eigenvalue weighted by molar-refractivity contribution is 9.10. The largest absolute Gasteiger partial charge is 0.618 e. The Bertz CT molecular complexity index is 250. The molecule has 1 aromatic heterocycles. The average Bonchev–Trinajstić information content (AvgIpc) is 1.98. The van der Waals surface area contributed by atoms with Crippen LogP contribution in [0.1, 0.15) is 18.9 Å². The van der Waals surface area contributed by atoms with Crippen LogP contribution in [0.5, 0.6) is 0 Å². The van der Waals surface area contributed by atoms with Crippen molar-refractivity contribution in [2.24, 2.45) is 0 Å². The number of hydrogen-bond acceptors (Lipinski definition) is 1. The normalized spacial score (nSPS) is 10.0. The Morgan fingerprint density at radius 3 is 2.91 bits per heavy atom. The minimum Gasteiger partial charge on any atom is -0.618 e. The second-order valence-corrected chi connectivity index (χ2v) is 3.25. The Labute approximate surface area is 74.6 Å². The first-order valence-corrected chi connectivity index (χ1v) is 4.41. The fraction of sp³-hybridized carbons (Fsp3) is 0.375. The molecule has 0 aromatic carbocycles. The summed E-state index contributed by atoms with van der Waals surface area (Å²) in [5, 5.41) is 10.8. The molecule has 0 unspecified atom stereocenters. The van der Waals surface area contributed by atoms with Crippen molar-refractivity contribution >= 4 is 15.9 Å². The lowest BCUT2D eigenvalue weighted by atomic mass is 10.2. The van der Waals surface area contributed by atoms with Gasteiger partial charge in [0.2, 0.25) is 0 Å². The summed E-state index contributed by atoms with van der Waals surface area (Å²) in [6.07, 6.45) is 3.66. The van der Waals surface area contributed by atoms with Crippen LogP contribution in [-0.4, -0.2) is 0 Å². The van der Waals surface area contributed by atoms with Gasteiger partial charge in [-0.2, -0.15) is 4.73 Å². The van der Waals surface area contributed by atoms with Crippen LogP contribution >= 0.6 is 15.9 Å². The maximum atomic E-state index is 10.8. The van der Waals surface area contributed by atoms with Crippen LogP contribution in [0.25, 0.3) is 0 Å². The molecular formula is C8H10BrNO. The fourth-order valence-electron chi connectivity index (χ4n) is 0.944. The minimum atomic E-state index is 0.587. The third-order valence-electron chi connectivity index (χ3n) is 1.48. The molecule has 1 heterocycles. The molecule has 0 aliphatic heterocycles. The summed E-state index contributed by atoms with van der Waals surface area (Å²) in [5.74, 6) is 0. The van der Waals surface area contributed by atoms with E-state index in [1.807, 2.05) is 12.1 Å². The van der Waals surface area contributed by atoms with E-state index in [-0.39, 0.29) is 0 Å². The molecule has 0 bridgehead atoms. The van der Waals surface area contributed by atoms with Gasteiger partial charge in [0.1, 0.15) is 0 Å². The van der Waals surface area contributed by atoms with Crippen molar-refractivity contribution in [2.75, 3.05) is 0 Å². The standard InChI is InChI=1S/C8H10BrNO/c1-2-3-7-4-5-10(11)8(9)6-7/h4-6H,2-3H2,1H3. The zero-order chi connectivity index (χ0) is 8.27. The smallest absolute Gasteiger partial charge is 0.259 e. The predicted molar refractivity (Wildman–Crippen MR) is 47.1 cm³/mol. The van der Waals surface area contributed by atoms with Crippen LogP contribution in [0.2, 0.25) is 0 Å². The van der Waals surface area contributed by atoms with E-state index in [0.29, 0.717) is 4.60 Å². The Kier molecular flexibility index (Phi) is 2.88. The van der Waals surface area contributed by atoms with Gasteiger partial charge in [0.15, 0.2) is 6.20 Å². The number of hydrogen-bond donors (Lipinski definition) is 0. The van der Waals surface area contributed by atoms with E-state index in [1.165, 1.54) is 11.8 Å². The number of pyridine rings is 1. The van der Waals surface area contributed by atoms with Gasteiger partial charge in [0.25, 0.3) is 4.60 Å². The lowest BCUT2D eigenvalue weighted by Crippen LogP contribution is -2.26. The van der Waals surface area contributed by atoms with Crippen molar-refractivity contribution < 1.29 is 4.73 Å². The number of aromatic nitrogens is 1. The second kappa shape index (κ2) is 3.72. The fourth-order valence-corrected chi connectivity index (χ4v) is 1.36. The van der Waals surface area contributed by atoms with Crippen molar-refractivity contribution in [1.82, 2.24) is 0 Å². The van der Waals surface area contributed by atoms with Crippen LogP contribution in [-0.2, 0) is 6.42 Å². The summed E-state index contributed by atoms with van der Waals surface area (Å²) in [7, 11) is 0. The third kappa shape index (κ3) is 2.19. The Morgan fingerprint density at radius 2 is 2.36 bits per heavy atom. The SMILES string of the molecule is CCCc1cc[n+]([O-])c(Br)c1. The van der Waals surface area contributed by atoms with Gasteiger partial charge in [-0.3, -0.25) is 0 Å². The molecule has 0 saturated carbocycles. The van der Waals surface area contributed by atoms with Crippen molar-refractivity contribution in [1.29, 1.82) is 0 Å². The molecule has 1 aromatic rings. The van der Waals surface area contributed by atoms with Crippen LogP contribution in [0.4, 0.5) is 0 Å². The maximum Gasteiger partial charge on any atom is 0.259 e. The van der Waals surface area contributed by atoms with Crippen LogP contribution in [0, 0.1) is 5.21 Å². The van der Waals surface area contributed by atoms with Gasteiger partial charge in [-0.15, -0.1) is 0 Å². The Hall–Kier alpha value is -0.570. The molecule has 1 rings (SSSR count). The predicted octanol–water partition coefficient (Wildman–Crippen LogP) is 2.04. The zero-order valence-corrected chi connectivity index (χ0v) is 7.97. The first-order chi connectivity index (χ1) is 5.24. The van der Waals surface area contributed by atoms with Gasteiger partial charge in [-0.05, 0) is 12.0 Å². The highest BCUT2D eigenvalue weighted by atomic mass is 79.9. The Balaban J connectivity index is 2.86. The molecule has 0 radical (unpaired) electrons. The number of nitrogens with zero attached hydrogens (tertiary/aromatic N) is 1. The Morgan fingerprint density at radius 1 is 1.64 bits per heavy atom. The molecule has 0 saturated heterocycles. The summed E-state index contributed by atoms with van der Waals surface area (Å²) >= 11 is 3.17. The summed E-state index contributed by atoms with van der Waals surface area (Å²) in [6, 6.07) is 3.71. The molecule has 2 nitrogen and oxygen atoms in total. The van der Waals surface area contributed by atoms with Gasteiger partial charge >= 0.3 is 0 Å². The molecule has 3 heteroatoms. The van der Waals surface area contributed by atoms with E-state index in [4.69, 9.17) is 0 Å². The zero-order valence-electron chi connectivity index (χ0n) is 6.38. The topological polar surface area (TPSA) is 26.9 Å². The van der Waals surface area contributed by atoms with Crippen LogP contribution in [0.15, 0.2) is 22.9 Å². The lowest BCUT2D eigenvalue weighted by Gasteiger charge is -2.00. The van der Waals surface area contributed by atoms with E-state index in [0.717, 1.165) is 17.6 Å². The van der Waals surface area contributed by atoms with Crippen LogP contribution in [0.3, 0.4) is 0 Å². The van der Waals surface area contributed by atoms with E-state index in [2.05, 4.69) is 22.9 Å². The second-order valence-electron chi connectivity index (χ2n) is 2.43. The first-order valence-electron chi connectivity index (χ1n) is 3.61. The molecule has 0 amide bonds. The quantitative estimate of drug-likeness (QED) is 0.422. The summed E-state index contributed by atoms with van der Waals surface area (Å²) in [6.45, 7) is 2.12. The van der Waals surface area contributed by atoms with Gasteiger partial charge in [0.05, 0.1) is 0 Å². The van der Waals surface area contributed by atoms with Crippen molar-refractivity contribution in [3.8, 4) is 0 Å². The molecule has 0 atom stereocenters. The van der Waals surface area contributed by atoms with E-state index in [1.54, 1.807) is 0 Å². The molecule has 0 N–H and O–H groups in total. The maximum absolute atomic E-state index is 10.8. The molecule has 0 aliphatic carbocycles. The first kappa shape index (κ1) is 8.53. The van der Waals surface area contributed by atoms with Crippen molar-refractivity contribution in [2.45, 2.75) is 19.8 Å².